The van der Waals surface area contributed by atoms with E-state index in [1.165, 1.54) is 30.5 Å². The minimum Gasteiger partial charge on any atom is -0.481 e. The summed E-state index contributed by atoms with van der Waals surface area (Å²) in [6, 6.07) is 5.33. The Morgan fingerprint density at radius 1 is 1.39 bits per heavy atom. The van der Waals surface area contributed by atoms with Crippen molar-refractivity contribution in [2.45, 2.75) is 26.1 Å². The average Bonchev–Trinajstić information content (AvgIpc) is 2.93. The van der Waals surface area contributed by atoms with Crippen molar-refractivity contribution in [3.05, 3.63) is 42.0 Å². The van der Waals surface area contributed by atoms with Gasteiger partial charge < -0.3 is 15.2 Å². The van der Waals surface area contributed by atoms with Crippen molar-refractivity contribution in [3.8, 4) is 5.75 Å². The van der Waals surface area contributed by atoms with Gasteiger partial charge in [0.05, 0.1) is 12.7 Å². The van der Waals surface area contributed by atoms with Crippen LogP contribution in [-0.2, 0) is 22.7 Å². The van der Waals surface area contributed by atoms with E-state index in [-0.39, 0.29) is 24.8 Å². The van der Waals surface area contributed by atoms with E-state index in [4.69, 9.17) is 9.84 Å². The molecular weight excluding hydrogens is 307 g/mol. The SMILES string of the molecule is CC(Oc1ccc(F)cc1)C(=O)NCc1cn(CC(=O)O)nn1. The van der Waals surface area contributed by atoms with Gasteiger partial charge in [-0.1, -0.05) is 5.21 Å². The number of hydrogen-bond donors (Lipinski definition) is 2. The monoisotopic (exact) mass is 322 g/mol. The molecule has 2 rings (SSSR count). The van der Waals surface area contributed by atoms with Crippen LogP contribution in [0.15, 0.2) is 30.5 Å². The van der Waals surface area contributed by atoms with E-state index >= 15 is 0 Å². The van der Waals surface area contributed by atoms with E-state index in [1.54, 1.807) is 6.92 Å². The Morgan fingerprint density at radius 2 is 2.09 bits per heavy atom. The molecule has 0 aliphatic rings. The molecule has 1 amide bonds. The lowest BCUT2D eigenvalue weighted by Gasteiger charge is -2.14. The zero-order chi connectivity index (χ0) is 16.8. The lowest BCUT2D eigenvalue weighted by molar-refractivity contribution is -0.138. The van der Waals surface area contributed by atoms with Gasteiger partial charge in [-0.15, -0.1) is 5.10 Å². The third-order valence-corrected chi connectivity index (χ3v) is 2.82. The van der Waals surface area contributed by atoms with E-state index in [9.17, 15) is 14.0 Å². The average molecular weight is 322 g/mol. The topological polar surface area (TPSA) is 106 Å². The first-order chi connectivity index (χ1) is 10.9. The number of halogens is 1. The summed E-state index contributed by atoms with van der Waals surface area (Å²) in [6.45, 7) is 1.35. The molecule has 0 radical (unpaired) electrons. The number of ether oxygens (including phenoxy) is 1. The highest BCUT2D eigenvalue weighted by atomic mass is 19.1. The van der Waals surface area contributed by atoms with Crippen molar-refractivity contribution >= 4 is 11.9 Å². The van der Waals surface area contributed by atoms with Crippen molar-refractivity contribution in [1.82, 2.24) is 20.3 Å². The molecule has 0 bridgehead atoms. The molecule has 0 fully saturated rings. The number of amides is 1. The van der Waals surface area contributed by atoms with Gasteiger partial charge in [0.15, 0.2) is 6.10 Å². The molecule has 1 aromatic carbocycles. The molecule has 1 unspecified atom stereocenters. The second kappa shape index (κ2) is 7.34. The minimum absolute atomic E-state index is 0.0928. The molecule has 2 N–H and O–H groups in total. The van der Waals surface area contributed by atoms with Crippen molar-refractivity contribution in [3.63, 3.8) is 0 Å². The van der Waals surface area contributed by atoms with Crippen LogP contribution in [0.3, 0.4) is 0 Å². The van der Waals surface area contributed by atoms with Gasteiger partial charge in [0, 0.05) is 0 Å². The normalized spacial score (nSPS) is 11.7. The predicted octanol–water partition coefficient (Wildman–Crippen LogP) is 0.585. The predicted molar refractivity (Wildman–Crippen MR) is 76.0 cm³/mol. The Morgan fingerprint density at radius 3 is 2.74 bits per heavy atom. The van der Waals surface area contributed by atoms with Gasteiger partial charge >= 0.3 is 5.97 Å². The number of carbonyl (C=O) groups excluding carboxylic acids is 1. The molecule has 0 spiro atoms. The van der Waals surface area contributed by atoms with Gasteiger partial charge in [0.25, 0.3) is 5.91 Å². The van der Waals surface area contributed by atoms with E-state index in [2.05, 4.69) is 15.6 Å². The molecule has 8 nitrogen and oxygen atoms in total. The number of hydrogen-bond acceptors (Lipinski definition) is 5. The molecule has 23 heavy (non-hydrogen) atoms. The molecular formula is C14H15FN4O4. The molecule has 0 aliphatic heterocycles. The Bertz CT molecular complexity index is 686. The van der Waals surface area contributed by atoms with Crippen molar-refractivity contribution in [2.75, 3.05) is 0 Å². The molecule has 2 aromatic rings. The summed E-state index contributed by atoms with van der Waals surface area (Å²) in [6.07, 6.45) is 0.648. The van der Waals surface area contributed by atoms with Crippen molar-refractivity contribution in [2.24, 2.45) is 0 Å². The molecule has 1 aromatic heterocycles. The second-order valence-corrected chi connectivity index (χ2v) is 4.73. The minimum atomic E-state index is -1.04. The van der Waals surface area contributed by atoms with Crippen LogP contribution in [0.1, 0.15) is 12.6 Å². The van der Waals surface area contributed by atoms with Crippen LogP contribution in [0.4, 0.5) is 4.39 Å². The number of aromatic nitrogens is 3. The lowest BCUT2D eigenvalue weighted by atomic mass is 10.3. The molecule has 122 valence electrons. The smallest absolute Gasteiger partial charge is 0.325 e. The maximum Gasteiger partial charge on any atom is 0.325 e. The molecule has 1 heterocycles. The van der Waals surface area contributed by atoms with E-state index in [1.807, 2.05) is 0 Å². The van der Waals surface area contributed by atoms with Crippen molar-refractivity contribution in [1.29, 1.82) is 0 Å². The number of carbonyl (C=O) groups is 2. The Kier molecular flexibility index (Phi) is 5.23. The number of aliphatic carboxylic acids is 1. The summed E-state index contributed by atoms with van der Waals surface area (Å²) in [5.41, 5.74) is 0.425. The fraction of sp³-hybridized carbons (Fsp3) is 0.286. The quantitative estimate of drug-likeness (QED) is 0.772. The van der Waals surface area contributed by atoms with Gasteiger partial charge in [-0.3, -0.25) is 9.59 Å². The second-order valence-electron chi connectivity index (χ2n) is 4.73. The third-order valence-electron chi connectivity index (χ3n) is 2.82. The fourth-order valence-electron chi connectivity index (χ4n) is 1.73. The number of carboxylic acids is 1. The largest absolute Gasteiger partial charge is 0.481 e. The van der Waals surface area contributed by atoms with Gasteiger partial charge in [0.1, 0.15) is 23.8 Å². The standard InChI is InChI=1S/C14H15FN4O4/c1-9(23-12-4-2-10(15)3-5-12)14(22)16-6-11-7-19(18-17-11)8-13(20)21/h2-5,7,9H,6,8H2,1H3,(H,16,22)(H,20,21). The summed E-state index contributed by atoms with van der Waals surface area (Å²) in [7, 11) is 0. The van der Waals surface area contributed by atoms with Crippen LogP contribution in [0.5, 0.6) is 5.75 Å². The Balaban J connectivity index is 1.82. The van der Waals surface area contributed by atoms with Crippen LogP contribution in [0, 0.1) is 5.82 Å². The van der Waals surface area contributed by atoms with Gasteiger partial charge in [0.2, 0.25) is 0 Å². The number of rotatable bonds is 7. The Labute approximate surface area is 130 Å². The summed E-state index contributed by atoms with van der Waals surface area (Å²) in [4.78, 5) is 22.4. The molecule has 0 saturated heterocycles. The number of nitrogens with one attached hydrogen (secondary N) is 1. The first-order valence-electron chi connectivity index (χ1n) is 6.75. The van der Waals surface area contributed by atoms with Crippen LogP contribution in [0.25, 0.3) is 0 Å². The summed E-state index contributed by atoms with van der Waals surface area (Å²) < 4.78 is 19.3. The van der Waals surface area contributed by atoms with Gasteiger partial charge in [-0.05, 0) is 31.2 Å². The maximum atomic E-state index is 12.8. The highest BCUT2D eigenvalue weighted by molar-refractivity contribution is 5.80. The summed E-state index contributed by atoms with van der Waals surface area (Å²) in [5.74, 6) is -1.44. The number of carboxylic acid groups (broad SMARTS) is 1. The molecule has 9 heteroatoms. The molecule has 0 aliphatic carbocycles. The van der Waals surface area contributed by atoms with Crippen LogP contribution in [0.2, 0.25) is 0 Å². The maximum absolute atomic E-state index is 12.8. The van der Waals surface area contributed by atoms with Crippen LogP contribution >= 0.6 is 0 Å². The summed E-state index contributed by atoms with van der Waals surface area (Å²) in [5, 5.41) is 18.6. The zero-order valence-electron chi connectivity index (χ0n) is 12.3. The highest BCUT2D eigenvalue weighted by Gasteiger charge is 2.15. The third kappa shape index (κ3) is 5.06. The van der Waals surface area contributed by atoms with Crippen molar-refractivity contribution < 1.29 is 23.8 Å². The number of benzene rings is 1. The van der Waals surface area contributed by atoms with E-state index < -0.39 is 12.1 Å². The van der Waals surface area contributed by atoms with Gasteiger partial charge in [-0.25, -0.2) is 9.07 Å². The van der Waals surface area contributed by atoms with E-state index in [0.29, 0.717) is 11.4 Å². The van der Waals surface area contributed by atoms with Crippen LogP contribution < -0.4 is 10.1 Å². The lowest BCUT2D eigenvalue weighted by Crippen LogP contribution is -2.36. The zero-order valence-corrected chi connectivity index (χ0v) is 12.3. The fourth-order valence-corrected chi connectivity index (χ4v) is 1.73. The van der Waals surface area contributed by atoms with Gasteiger partial charge in [-0.2, -0.15) is 0 Å². The molecule has 0 saturated carbocycles. The first-order valence-corrected chi connectivity index (χ1v) is 6.75. The highest BCUT2D eigenvalue weighted by Crippen LogP contribution is 2.13. The summed E-state index contributed by atoms with van der Waals surface area (Å²) >= 11 is 0. The van der Waals surface area contributed by atoms with Crippen LogP contribution in [-0.4, -0.2) is 38.1 Å². The Hall–Kier alpha value is -2.97. The number of nitrogens with zero attached hydrogens (tertiary/aromatic N) is 3. The van der Waals surface area contributed by atoms with E-state index in [0.717, 1.165) is 4.68 Å². The first kappa shape index (κ1) is 16.4. The molecule has 1 atom stereocenters.